The van der Waals surface area contributed by atoms with Crippen molar-refractivity contribution in [3.8, 4) is 0 Å². The number of rotatable bonds is 26. The summed E-state index contributed by atoms with van der Waals surface area (Å²) in [5, 5.41) is 22.9. The Bertz CT molecular complexity index is 2410. The smallest absolute Gasteiger partial charge is 0.246 e. The van der Waals surface area contributed by atoms with E-state index in [1.165, 1.54) is 9.80 Å². The molecule has 32 heteroatoms. The van der Waals surface area contributed by atoms with Gasteiger partial charge in [0.1, 0.15) is 60.4 Å². The van der Waals surface area contributed by atoms with Crippen molar-refractivity contribution >= 4 is 161 Å². The molecule has 0 spiro atoms. The van der Waals surface area contributed by atoms with Gasteiger partial charge in [-0.2, -0.15) is 0 Å². The molecule has 0 aromatic heterocycles. The molecule has 536 valence electrons. The molecule has 10 atom stereocenters. The normalized spacial score (nSPS) is 23.7. The van der Waals surface area contributed by atoms with Gasteiger partial charge >= 0.3 is 0 Å². The first-order chi connectivity index (χ1) is 42.6. The quantitative estimate of drug-likeness (QED) is 0.0597. The minimum absolute atomic E-state index is 0. The average Bonchev–Trinajstić information content (AvgIpc) is 1.59. The Morgan fingerprint density at radius 1 is 0.298 bits per heavy atom. The third kappa shape index (κ3) is 30.3. The largest absolute Gasteiger partial charge is 0.343 e. The molecule has 2 aromatic rings. The molecule has 3 aliphatic heterocycles. The zero-order valence-electron chi connectivity index (χ0n) is 53.7. The molecule has 2 aromatic carbocycles. The molecular formula is C62H106Br6N16O10. The summed E-state index contributed by atoms with van der Waals surface area (Å²) in [7, 11) is 0. The minimum Gasteiger partial charge on any atom is -0.343 e. The standard InChI is InChI=1S/C62H100N16O10.6BrH/c63-31-11-7-23-43-57(83)75-49(39-41-19-3-1-4-20-41)61(87)77-37-17-29-51(77)59(85)73-45(25-9-13-33-65)53(79)72-48(28-16-36-68)56(82)70-44(24-8-12-32-64)58(84)76-50(40-42-21-5-2-6-22-42)62(88)78-38-18-30-52(78)60(86)74-46(26-10-14-34-66)54(80)71-47(27-15-35-67)55(81)69-43;;;;;;/h1-6,19-22,43-52H,7-18,23-40,63-68H2,(H,69,81)(H,70,82)(H,71,80)(H,72,79)(H,73,85)(H,74,86)(H,75,83)(H,76,84);6*1H/t43-,44-,45-,46-,47-,48-,49-,50+,51-,52-;;;;;;/m0....../s1. The first-order valence-corrected chi connectivity index (χ1v) is 31.9. The number of halogens is 6. The van der Waals surface area contributed by atoms with Gasteiger partial charge in [0.2, 0.25) is 59.1 Å². The fourth-order valence-electron chi connectivity index (χ4n) is 11.5. The van der Waals surface area contributed by atoms with E-state index in [2.05, 4.69) is 42.5 Å². The van der Waals surface area contributed by atoms with Crippen molar-refractivity contribution in [2.45, 2.75) is 202 Å². The van der Waals surface area contributed by atoms with Gasteiger partial charge in [-0.15, -0.1) is 102 Å². The van der Waals surface area contributed by atoms with Crippen molar-refractivity contribution in [1.29, 1.82) is 0 Å². The number of carbonyl (C=O) groups excluding carboxylic acids is 10. The van der Waals surface area contributed by atoms with Crippen LogP contribution in [0.4, 0.5) is 0 Å². The number of benzene rings is 2. The first-order valence-electron chi connectivity index (χ1n) is 31.9. The van der Waals surface area contributed by atoms with Crippen LogP contribution in [0.5, 0.6) is 0 Å². The molecule has 3 fully saturated rings. The zero-order chi connectivity index (χ0) is 63.8. The summed E-state index contributed by atoms with van der Waals surface area (Å²) in [6, 6.07) is 5.82. The third-order valence-electron chi connectivity index (χ3n) is 16.5. The third-order valence-corrected chi connectivity index (χ3v) is 16.5. The summed E-state index contributed by atoms with van der Waals surface area (Å²) in [5.41, 5.74) is 36.8. The van der Waals surface area contributed by atoms with Crippen LogP contribution in [0.25, 0.3) is 0 Å². The molecule has 0 radical (unpaired) electrons. The summed E-state index contributed by atoms with van der Waals surface area (Å²) in [6.45, 7) is 1.73. The lowest BCUT2D eigenvalue weighted by Gasteiger charge is -2.32. The molecule has 3 saturated heterocycles. The van der Waals surface area contributed by atoms with Gasteiger partial charge in [0.05, 0.1) is 0 Å². The highest BCUT2D eigenvalue weighted by Crippen LogP contribution is 2.23. The van der Waals surface area contributed by atoms with E-state index in [-0.39, 0.29) is 218 Å². The molecule has 94 heavy (non-hydrogen) atoms. The predicted octanol–water partition coefficient (Wildman–Crippen LogP) is 1.81. The van der Waals surface area contributed by atoms with Crippen LogP contribution in [-0.4, -0.2) is 182 Å². The van der Waals surface area contributed by atoms with Gasteiger partial charge in [-0.1, -0.05) is 60.7 Å². The van der Waals surface area contributed by atoms with E-state index in [0.29, 0.717) is 88.4 Å². The van der Waals surface area contributed by atoms with Crippen LogP contribution in [0.3, 0.4) is 0 Å². The van der Waals surface area contributed by atoms with E-state index in [1.807, 2.05) is 0 Å². The number of nitrogens with two attached hydrogens (primary N) is 6. The van der Waals surface area contributed by atoms with Crippen molar-refractivity contribution in [3.05, 3.63) is 71.8 Å². The molecule has 26 nitrogen and oxygen atoms in total. The monoisotopic (exact) mass is 1710 g/mol. The second-order valence-electron chi connectivity index (χ2n) is 23.2. The maximum absolute atomic E-state index is 15.0. The fraction of sp³-hybridized carbons (Fsp3) is 0.645. The molecule has 5 rings (SSSR count). The van der Waals surface area contributed by atoms with Crippen molar-refractivity contribution in [2.75, 3.05) is 52.4 Å². The van der Waals surface area contributed by atoms with E-state index < -0.39 is 119 Å². The number of hydrogen-bond donors (Lipinski definition) is 14. The number of fused-ring (bicyclic) bond motifs is 2. The number of carbonyl (C=O) groups is 10. The van der Waals surface area contributed by atoms with Crippen LogP contribution in [0, 0.1) is 0 Å². The van der Waals surface area contributed by atoms with Crippen molar-refractivity contribution in [3.63, 3.8) is 0 Å². The Hall–Kier alpha value is -4.22. The highest BCUT2D eigenvalue weighted by Gasteiger charge is 2.43. The van der Waals surface area contributed by atoms with Gasteiger partial charge in [-0.05, 0) is 179 Å². The second-order valence-corrected chi connectivity index (χ2v) is 23.2. The lowest BCUT2D eigenvalue weighted by molar-refractivity contribution is -0.143. The van der Waals surface area contributed by atoms with E-state index in [9.17, 15) is 38.4 Å². The number of nitrogens with zero attached hydrogens (tertiary/aromatic N) is 2. The van der Waals surface area contributed by atoms with Gasteiger partial charge in [-0.3, -0.25) is 47.9 Å². The summed E-state index contributed by atoms with van der Waals surface area (Å²) in [4.78, 5) is 150. The van der Waals surface area contributed by atoms with Gasteiger partial charge in [0.25, 0.3) is 0 Å². The number of hydrogen-bond acceptors (Lipinski definition) is 16. The van der Waals surface area contributed by atoms with E-state index in [1.54, 1.807) is 60.7 Å². The molecule has 3 aliphatic rings. The summed E-state index contributed by atoms with van der Waals surface area (Å²) in [5.74, 6) is -6.70. The van der Waals surface area contributed by atoms with Crippen LogP contribution >= 0.6 is 102 Å². The SMILES string of the molecule is Br.Br.Br.Br.Br.Br.NCCCC[C@@H]1NC(=O)[C@H](CCCN)NC(=O)[C@H](CCCCN)NC(=O)[C@@H]2CCCN2C(=O)[C@@H](Cc2ccccc2)NC(=O)[C@H](CCCCN)NC(=O)[C@H](CCCN)NC(=O)[C@H](CCCCN)NC(=O)[C@@H]2CCCN2C(=O)[C@H](Cc2ccccc2)NC1=O. The molecular weight excluding hydrogens is 1610 g/mol. The molecule has 0 bridgehead atoms. The number of unbranched alkanes of at least 4 members (excludes halogenated alkanes) is 4. The Kier molecular flexibility index (Phi) is 49.9. The highest BCUT2D eigenvalue weighted by atomic mass is 79.9. The summed E-state index contributed by atoms with van der Waals surface area (Å²) in [6.07, 6.45) is 5.87. The molecule has 10 amide bonds. The summed E-state index contributed by atoms with van der Waals surface area (Å²) >= 11 is 0. The van der Waals surface area contributed by atoms with Crippen LogP contribution < -0.4 is 76.9 Å². The topological polar surface area (TPSA) is 430 Å². The number of amides is 10. The Morgan fingerprint density at radius 3 is 0.766 bits per heavy atom. The van der Waals surface area contributed by atoms with Crippen molar-refractivity contribution in [2.24, 2.45) is 34.4 Å². The fourth-order valence-corrected chi connectivity index (χ4v) is 11.5. The maximum Gasteiger partial charge on any atom is 0.246 e. The van der Waals surface area contributed by atoms with Crippen LogP contribution in [-0.2, 0) is 60.8 Å². The average molecular weight is 1720 g/mol. The predicted molar refractivity (Wildman–Crippen MR) is 395 cm³/mol. The van der Waals surface area contributed by atoms with E-state index in [0.717, 1.165) is 0 Å². The lowest BCUT2D eigenvalue weighted by Crippen LogP contribution is -2.61. The molecule has 0 aliphatic carbocycles. The van der Waals surface area contributed by atoms with Crippen molar-refractivity contribution in [1.82, 2.24) is 52.3 Å². The number of nitrogens with one attached hydrogen (secondary N) is 8. The van der Waals surface area contributed by atoms with Crippen LogP contribution in [0.2, 0.25) is 0 Å². The van der Waals surface area contributed by atoms with Gasteiger partial charge in [0, 0.05) is 25.9 Å². The summed E-state index contributed by atoms with van der Waals surface area (Å²) < 4.78 is 0. The maximum atomic E-state index is 15.0. The lowest BCUT2D eigenvalue weighted by atomic mass is 10.0. The van der Waals surface area contributed by atoms with Gasteiger partial charge in [0.15, 0.2) is 0 Å². The van der Waals surface area contributed by atoms with Gasteiger partial charge in [-0.25, -0.2) is 0 Å². The molecule has 0 unspecified atom stereocenters. The molecule has 20 N–H and O–H groups in total. The van der Waals surface area contributed by atoms with Crippen LogP contribution in [0.15, 0.2) is 60.7 Å². The molecule has 3 heterocycles. The zero-order valence-corrected chi connectivity index (χ0v) is 63.9. The van der Waals surface area contributed by atoms with E-state index in [4.69, 9.17) is 34.4 Å². The van der Waals surface area contributed by atoms with Crippen LogP contribution in [0.1, 0.15) is 140 Å². The van der Waals surface area contributed by atoms with Crippen molar-refractivity contribution < 1.29 is 47.9 Å². The second kappa shape index (κ2) is 51.0. The van der Waals surface area contributed by atoms with E-state index >= 15 is 9.59 Å². The molecule has 0 saturated carbocycles. The highest BCUT2D eigenvalue weighted by molar-refractivity contribution is 8.93. The Morgan fingerprint density at radius 2 is 0.521 bits per heavy atom. The first kappa shape index (κ1) is 91.8. The van der Waals surface area contributed by atoms with Gasteiger partial charge < -0.3 is 86.7 Å². The minimum atomic E-state index is -1.26. The Labute approximate surface area is 616 Å². The Balaban J connectivity index is 0.